The van der Waals surface area contributed by atoms with E-state index in [1.54, 1.807) is 0 Å². The Kier molecular flexibility index (Phi) is 2.05. The van der Waals surface area contributed by atoms with Gasteiger partial charge in [0.2, 0.25) is 0 Å². The van der Waals surface area contributed by atoms with E-state index in [9.17, 15) is 0 Å². The SMILES string of the molecule is c1nn(C2CCNC2)cc1C1CCC1. The maximum Gasteiger partial charge on any atom is 0.0655 e. The van der Waals surface area contributed by atoms with Crippen LogP contribution in [0.4, 0.5) is 0 Å². The van der Waals surface area contributed by atoms with Crippen LogP contribution in [0.5, 0.6) is 0 Å². The highest BCUT2D eigenvalue weighted by Crippen LogP contribution is 2.36. The zero-order valence-corrected chi connectivity index (χ0v) is 8.45. The van der Waals surface area contributed by atoms with Crippen molar-refractivity contribution in [3.8, 4) is 0 Å². The lowest BCUT2D eigenvalue weighted by Gasteiger charge is -2.23. The first-order valence-electron chi connectivity index (χ1n) is 5.68. The molecule has 2 fully saturated rings. The summed E-state index contributed by atoms with van der Waals surface area (Å²) in [7, 11) is 0. The highest BCUT2D eigenvalue weighted by molar-refractivity contribution is 5.14. The molecule has 0 aromatic carbocycles. The van der Waals surface area contributed by atoms with Gasteiger partial charge < -0.3 is 5.32 Å². The van der Waals surface area contributed by atoms with Gasteiger partial charge in [-0.1, -0.05) is 6.42 Å². The molecule has 1 saturated carbocycles. The summed E-state index contributed by atoms with van der Waals surface area (Å²) in [4.78, 5) is 0. The summed E-state index contributed by atoms with van der Waals surface area (Å²) in [6.07, 6.45) is 9.71. The van der Waals surface area contributed by atoms with Crippen molar-refractivity contribution >= 4 is 0 Å². The number of nitrogens with one attached hydrogen (secondary N) is 1. The molecule has 1 aliphatic heterocycles. The quantitative estimate of drug-likeness (QED) is 0.771. The molecule has 14 heavy (non-hydrogen) atoms. The van der Waals surface area contributed by atoms with Gasteiger partial charge in [0.05, 0.1) is 12.2 Å². The molecule has 1 aliphatic carbocycles. The molecule has 3 heteroatoms. The summed E-state index contributed by atoms with van der Waals surface area (Å²) in [6, 6.07) is 0.601. The third kappa shape index (κ3) is 1.36. The smallest absolute Gasteiger partial charge is 0.0655 e. The van der Waals surface area contributed by atoms with Gasteiger partial charge in [-0.15, -0.1) is 0 Å². The molecule has 2 aliphatic rings. The van der Waals surface area contributed by atoms with Crippen molar-refractivity contribution in [2.75, 3.05) is 13.1 Å². The van der Waals surface area contributed by atoms with Crippen molar-refractivity contribution < 1.29 is 0 Å². The average molecular weight is 191 g/mol. The van der Waals surface area contributed by atoms with Crippen LogP contribution >= 0.6 is 0 Å². The third-order valence-corrected chi connectivity index (χ3v) is 3.61. The van der Waals surface area contributed by atoms with Gasteiger partial charge in [0.25, 0.3) is 0 Å². The predicted octanol–water partition coefficient (Wildman–Crippen LogP) is 1.69. The lowest BCUT2D eigenvalue weighted by Crippen LogP contribution is -2.13. The molecule has 0 radical (unpaired) electrons. The van der Waals surface area contributed by atoms with Gasteiger partial charge in [-0.3, -0.25) is 4.68 Å². The van der Waals surface area contributed by atoms with Gasteiger partial charge in [-0.05, 0) is 37.3 Å². The van der Waals surface area contributed by atoms with Crippen LogP contribution in [-0.2, 0) is 0 Å². The molecule has 3 rings (SSSR count). The zero-order valence-electron chi connectivity index (χ0n) is 8.45. The molecule has 1 unspecified atom stereocenters. The van der Waals surface area contributed by atoms with E-state index in [2.05, 4.69) is 27.5 Å². The molecule has 1 aromatic rings. The van der Waals surface area contributed by atoms with Crippen LogP contribution in [0.25, 0.3) is 0 Å². The number of rotatable bonds is 2. The summed E-state index contributed by atoms with van der Waals surface area (Å²) in [5, 5.41) is 7.85. The first-order valence-corrected chi connectivity index (χ1v) is 5.68. The normalized spacial score (nSPS) is 27.9. The van der Waals surface area contributed by atoms with Crippen molar-refractivity contribution in [3.63, 3.8) is 0 Å². The first-order chi connectivity index (χ1) is 6.93. The molecule has 0 bridgehead atoms. The largest absolute Gasteiger partial charge is 0.315 e. The van der Waals surface area contributed by atoms with Gasteiger partial charge in [0.1, 0.15) is 0 Å². The summed E-state index contributed by atoms with van der Waals surface area (Å²) in [5.41, 5.74) is 1.46. The van der Waals surface area contributed by atoms with Crippen molar-refractivity contribution in [2.45, 2.75) is 37.6 Å². The van der Waals surface area contributed by atoms with Crippen LogP contribution in [-0.4, -0.2) is 22.9 Å². The van der Waals surface area contributed by atoms with E-state index in [1.165, 1.54) is 31.2 Å². The topological polar surface area (TPSA) is 29.9 Å². The number of nitrogens with zero attached hydrogens (tertiary/aromatic N) is 2. The number of hydrogen-bond donors (Lipinski definition) is 1. The van der Waals surface area contributed by atoms with Crippen LogP contribution in [0.2, 0.25) is 0 Å². The Morgan fingerprint density at radius 2 is 2.29 bits per heavy atom. The minimum absolute atomic E-state index is 0.601. The summed E-state index contributed by atoms with van der Waals surface area (Å²) in [5.74, 6) is 0.818. The Morgan fingerprint density at radius 1 is 1.36 bits per heavy atom. The van der Waals surface area contributed by atoms with Crippen LogP contribution < -0.4 is 5.32 Å². The molecule has 1 aromatic heterocycles. The second-order valence-corrected chi connectivity index (χ2v) is 4.53. The molecular formula is C11H17N3. The second-order valence-electron chi connectivity index (χ2n) is 4.53. The molecule has 2 heterocycles. The Bertz CT molecular complexity index is 308. The fourth-order valence-electron chi connectivity index (χ4n) is 2.37. The second kappa shape index (κ2) is 3.39. The maximum absolute atomic E-state index is 4.48. The molecule has 0 amide bonds. The predicted molar refractivity (Wildman–Crippen MR) is 55.3 cm³/mol. The third-order valence-electron chi connectivity index (χ3n) is 3.61. The van der Waals surface area contributed by atoms with Gasteiger partial charge >= 0.3 is 0 Å². The summed E-state index contributed by atoms with van der Waals surface area (Å²) < 4.78 is 2.16. The number of aromatic nitrogens is 2. The minimum atomic E-state index is 0.601. The Hall–Kier alpha value is -0.830. The zero-order chi connectivity index (χ0) is 9.38. The average Bonchev–Trinajstić information content (AvgIpc) is 2.65. The van der Waals surface area contributed by atoms with Gasteiger partial charge in [0.15, 0.2) is 0 Å². The molecular weight excluding hydrogens is 174 g/mol. The van der Waals surface area contributed by atoms with Crippen LogP contribution in [0.3, 0.4) is 0 Å². The Morgan fingerprint density at radius 3 is 2.93 bits per heavy atom. The van der Waals surface area contributed by atoms with Gasteiger partial charge in [-0.2, -0.15) is 5.10 Å². The lowest BCUT2D eigenvalue weighted by molar-refractivity contribution is 0.418. The molecule has 1 saturated heterocycles. The number of hydrogen-bond acceptors (Lipinski definition) is 2. The highest BCUT2D eigenvalue weighted by atomic mass is 15.3. The monoisotopic (exact) mass is 191 g/mol. The highest BCUT2D eigenvalue weighted by Gasteiger charge is 2.23. The van der Waals surface area contributed by atoms with Crippen LogP contribution in [0.15, 0.2) is 12.4 Å². The van der Waals surface area contributed by atoms with Gasteiger partial charge in [-0.25, -0.2) is 0 Å². The molecule has 76 valence electrons. The van der Waals surface area contributed by atoms with Crippen molar-refractivity contribution in [2.24, 2.45) is 0 Å². The van der Waals surface area contributed by atoms with Crippen molar-refractivity contribution in [1.82, 2.24) is 15.1 Å². The standard InChI is InChI=1S/C11H17N3/c1-2-9(3-1)10-6-13-14(8-10)11-4-5-12-7-11/h6,8-9,11-12H,1-5,7H2. The van der Waals surface area contributed by atoms with E-state index in [4.69, 9.17) is 0 Å². The fourth-order valence-corrected chi connectivity index (χ4v) is 2.37. The summed E-state index contributed by atoms with van der Waals surface area (Å²) in [6.45, 7) is 2.23. The van der Waals surface area contributed by atoms with Crippen molar-refractivity contribution in [1.29, 1.82) is 0 Å². The first kappa shape index (κ1) is 8.48. The molecule has 1 N–H and O–H groups in total. The van der Waals surface area contributed by atoms with E-state index in [0.717, 1.165) is 19.0 Å². The Balaban J connectivity index is 1.75. The maximum atomic E-state index is 4.48. The van der Waals surface area contributed by atoms with E-state index < -0.39 is 0 Å². The van der Waals surface area contributed by atoms with Crippen molar-refractivity contribution in [3.05, 3.63) is 18.0 Å². The van der Waals surface area contributed by atoms with E-state index in [0.29, 0.717) is 6.04 Å². The van der Waals surface area contributed by atoms with E-state index in [1.807, 2.05) is 0 Å². The fraction of sp³-hybridized carbons (Fsp3) is 0.727. The van der Waals surface area contributed by atoms with Crippen LogP contribution in [0, 0.1) is 0 Å². The van der Waals surface area contributed by atoms with Crippen LogP contribution in [0.1, 0.15) is 43.2 Å². The lowest BCUT2D eigenvalue weighted by atomic mass is 9.81. The minimum Gasteiger partial charge on any atom is -0.315 e. The molecule has 3 nitrogen and oxygen atoms in total. The van der Waals surface area contributed by atoms with E-state index in [-0.39, 0.29) is 0 Å². The summed E-state index contributed by atoms with van der Waals surface area (Å²) >= 11 is 0. The van der Waals surface area contributed by atoms with E-state index >= 15 is 0 Å². The van der Waals surface area contributed by atoms with Gasteiger partial charge in [0, 0.05) is 12.7 Å². The Labute approximate surface area is 84.5 Å². The molecule has 0 spiro atoms. The molecule has 1 atom stereocenters.